The number of aryl methyl sites for hydroxylation is 1. The Kier molecular flexibility index (Phi) is 4.94. The van der Waals surface area contributed by atoms with Crippen LogP contribution in [0.4, 0.5) is 5.69 Å². The lowest BCUT2D eigenvalue weighted by molar-refractivity contribution is 0.605. The molecule has 4 rings (SSSR count). The highest BCUT2D eigenvalue weighted by Crippen LogP contribution is 2.32. The molecule has 0 aliphatic heterocycles. The normalized spacial score (nSPS) is 12.1. The molecular weight excluding hydrogens is 368 g/mol. The van der Waals surface area contributed by atoms with E-state index in [1.807, 2.05) is 60.8 Å². The first kappa shape index (κ1) is 18.3. The van der Waals surface area contributed by atoms with Gasteiger partial charge in [-0.25, -0.2) is 4.72 Å². The van der Waals surface area contributed by atoms with Gasteiger partial charge < -0.3 is 9.12 Å². The fourth-order valence-corrected chi connectivity index (χ4v) is 3.88. The summed E-state index contributed by atoms with van der Waals surface area (Å²) in [4.78, 5) is 12.7. The first-order valence-electron chi connectivity index (χ1n) is 8.92. The fourth-order valence-electron chi connectivity index (χ4n) is 3.42. The summed E-state index contributed by atoms with van der Waals surface area (Å²) >= 11 is -1.15. The van der Waals surface area contributed by atoms with Gasteiger partial charge in [-0.15, -0.1) is 0 Å². The Bertz CT molecular complexity index is 1200. The van der Waals surface area contributed by atoms with Gasteiger partial charge in [-0.05, 0) is 46.3 Å². The van der Waals surface area contributed by atoms with E-state index in [9.17, 15) is 9.35 Å². The number of benzene rings is 3. The molecule has 0 saturated heterocycles. The van der Waals surface area contributed by atoms with Crippen LogP contribution in [-0.2, 0) is 18.4 Å². The van der Waals surface area contributed by atoms with Crippen LogP contribution in [0.25, 0.3) is 33.0 Å². The molecule has 4 aromatic rings. The Hall–Kier alpha value is -3.02. The third-order valence-corrected chi connectivity index (χ3v) is 5.25. The van der Waals surface area contributed by atoms with Gasteiger partial charge in [0.05, 0.1) is 17.0 Å². The second kappa shape index (κ2) is 7.54. The van der Waals surface area contributed by atoms with Gasteiger partial charge in [-0.2, -0.15) is 0 Å². The van der Waals surface area contributed by atoms with Crippen LogP contribution < -0.4 is 10.3 Å². The Labute approximate surface area is 166 Å². The molecule has 1 N–H and O–H groups in total. The first-order chi connectivity index (χ1) is 13.5. The maximum Gasteiger partial charge on any atom is 0.258 e. The number of hydrogen-bond donors (Lipinski definition) is 1. The van der Waals surface area contributed by atoms with Gasteiger partial charge in [0, 0.05) is 24.2 Å². The topological polar surface area (TPSA) is 57.1 Å². The van der Waals surface area contributed by atoms with Gasteiger partial charge in [0.1, 0.15) is 6.26 Å². The van der Waals surface area contributed by atoms with Crippen molar-refractivity contribution < 1.29 is 4.55 Å². The van der Waals surface area contributed by atoms with Gasteiger partial charge >= 0.3 is 0 Å². The summed E-state index contributed by atoms with van der Waals surface area (Å²) in [6.45, 7) is 0. The molecule has 5 heteroatoms. The van der Waals surface area contributed by atoms with Crippen molar-refractivity contribution in [1.29, 1.82) is 0 Å². The van der Waals surface area contributed by atoms with Crippen LogP contribution in [0, 0.1) is 0 Å². The third kappa shape index (κ3) is 3.54. The Morgan fingerprint density at radius 2 is 1.61 bits per heavy atom. The van der Waals surface area contributed by atoms with E-state index in [1.165, 1.54) is 0 Å². The van der Waals surface area contributed by atoms with Gasteiger partial charge in [0.2, 0.25) is 0 Å². The lowest BCUT2D eigenvalue weighted by Gasteiger charge is -2.13. The number of pyridine rings is 1. The molecule has 28 heavy (non-hydrogen) atoms. The second-order valence-electron chi connectivity index (χ2n) is 6.72. The van der Waals surface area contributed by atoms with Crippen molar-refractivity contribution in [3.05, 3.63) is 89.3 Å². The van der Waals surface area contributed by atoms with Crippen LogP contribution in [0.2, 0.25) is 0 Å². The van der Waals surface area contributed by atoms with E-state index in [2.05, 4.69) is 22.9 Å². The number of rotatable bonds is 4. The number of aromatic nitrogens is 1. The van der Waals surface area contributed by atoms with E-state index in [0.29, 0.717) is 5.39 Å². The Morgan fingerprint density at radius 1 is 0.857 bits per heavy atom. The number of fused-ring (bicyclic) bond motifs is 1. The van der Waals surface area contributed by atoms with Crippen molar-refractivity contribution in [2.24, 2.45) is 7.05 Å². The van der Waals surface area contributed by atoms with E-state index in [1.54, 1.807) is 17.9 Å². The standard InChI is InChI=1S/C23H20N2O2S/c1-25-15-22(18-9-6-10-19(13-18)24-28(2)27)21-14-17(11-12-20(21)23(25)26)16-7-4-3-5-8-16/h3-15,24H,1-2H3. The molecule has 0 bridgehead atoms. The molecular formula is C23H20N2O2S. The molecule has 0 aliphatic carbocycles. The molecule has 1 unspecified atom stereocenters. The average molecular weight is 388 g/mol. The van der Waals surface area contributed by atoms with Crippen molar-refractivity contribution in [2.75, 3.05) is 11.0 Å². The van der Waals surface area contributed by atoms with Crippen molar-refractivity contribution >= 4 is 27.8 Å². The summed E-state index contributed by atoms with van der Waals surface area (Å²) in [6.07, 6.45) is 3.46. The fraction of sp³-hybridized carbons (Fsp3) is 0.0870. The van der Waals surface area contributed by atoms with Crippen LogP contribution in [0.1, 0.15) is 0 Å². The molecule has 4 nitrogen and oxygen atoms in total. The van der Waals surface area contributed by atoms with Gasteiger partial charge in [-0.1, -0.05) is 48.5 Å². The predicted molar refractivity (Wildman–Crippen MR) is 118 cm³/mol. The third-order valence-electron chi connectivity index (χ3n) is 4.73. The predicted octanol–water partition coefficient (Wildman–Crippen LogP) is 4.58. The summed E-state index contributed by atoms with van der Waals surface area (Å²) in [5.41, 5.74) is 4.84. The summed E-state index contributed by atoms with van der Waals surface area (Å²) in [5.74, 6) is 0. The monoisotopic (exact) mass is 388 g/mol. The lowest BCUT2D eigenvalue weighted by Crippen LogP contribution is -2.16. The molecule has 0 fully saturated rings. The van der Waals surface area contributed by atoms with E-state index in [4.69, 9.17) is 0 Å². The minimum absolute atomic E-state index is 0.0256. The summed E-state index contributed by atoms with van der Waals surface area (Å²) in [7, 11) is 1.76. The highest BCUT2D eigenvalue weighted by molar-refractivity contribution is 7.92. The molecule has 0 saturated carbocycles. The highest BCUT2D eigenvalue weighted by atomic mass is 32.2. The molecule has 1 atom stereocenters. The summed E-state index contributed by atoms with van der Waals surface area (Å²) in [5, 5.41) is 1.58. The van der Waals surface area contributed by atoms with Gasteiger partial charge in [0.15, 0.2) is 0 Å². The molecule has 0 amide bonds. The minimum Gasteiger partial charge on any atom is -0.593 e. The van der Waals surface area contributed by atoms with E-state index < -0.39 is 11.4 Å². The zero-order chi connectivity index (χ0) is 19.7. The Morgan fingerprint density at radius 3 is 2.36 bits per heavy atom. The van der Waals surface area contributed by atoms with E-state index in [0.717, 1.165) is 33.3 Å². The van der Waals surface area contributed by atoms with Crippen molar-refractivity contribution in [3.63, 3.8) is 0 Å². The van der Waals surface area contributed by atoms with Crippen molar-refractivity contribution in [3.8, 4) is 22.3 Å². The molecule has 0 radical (unpaired) electrons. The molecule has 1 heterocycles. The van der Waals surface area contributed by atoms with Crippen LogP contribution >= 0.6 is 0 Å². The van der Waals surface area contributed by atoms with Gasteiger partial charge in [-0.3, -0.25) is 4.79 Å². The number of hydrogen-bond acceptors (Lipinski definition) is 3. The quantitative estimate of drug-likeness (QED) is 0.521. The number of nitrogens with one attached hydrogen (secondary N) is 1. The van der Waals surface area contributed by atoms with Crippen LogP contribution in [0.3, 0.4) is 0 Å². The highest BCUT2D eigenvalue weighted by Gasteiger charge is 2.12. The Balaban J connectivity index is 1.95. The molecule has 1 aromatic heterocycles. The number of nitrogens with zero attached hydrogens (tertiary/aromatic N) is 1. The average Bonchev–Trinajstić information content (AvgIpc) is 2.70. The zero-order valence-corrected chi connectivity index (χ0v) is 16.5. The van der Waals surface area contributed by atoms with E-state index >= 15 is 0 Å². The number of anilines is 1. The SMILES string of the molecule is Cn1cc(-c2cccc(N[S+](C)[O-])c2)c2cc(-c3ccccc3)ccc2c1=O. The molecule has 0 aliphatic rings. The first-order valence-corrected chi connectivity index (χ1v) is 10.5. The smallest absolute Gasteiger partial charge is 0.258 e. The second-order valence-corrected chi connectivity index (χ2v) is 7.83. The van der Waals surface area contributed by atoms with E-state index in [-0.39, 0.29) is 5.56 Å². The minimum atomic E-state index is -1.15. The van der Waals surface area contributed by atoms with Crippen LogP contribution in [0.15, 0.2) is 83.8 Å². The maximum absolute atomic E-state index is 12.7. The molecule has 140 valence electrons. The largest absolute Gasteiger partial charge is 0.593 e. The zero-order valence-electron chi connectivity index (χ0n) is 15.7. The molecule has 3 aromatic carbocycles. The molecule has 0 spiro atoms. The lowest BCUT2D eigenvalue weighted by atomic mass is 9.96. The van der Waals surface area contributed by atoms with Crippen LogP contribution in [-0.4, -0.2) is 15.4 Å². The summed E-state index contributed by atoms with van der Waals surface area (Å²) < 4.78 is 16.1. The van der Waals surface area contributed by atoms with Gasteiger partial charge in [0.25, 0.3) is 5.56 Å². The maximum atomic E-state index is 12.7. The van der Waals surface area contributed by atoms with Crippen molar-refractivity contribution in [1.82, 2.24) is 4.57 Å². The van der Waals surface area contributed by atoms with Crippen molar-refractivity contribution in [2.45, 2.75) is 0 Å². The summed E-state index contributed by atoms with van der Waals surface area (Å²) in [6, 6.07) is 23.8. The van der Waals surface area contributed by atoms with Crippen LogP contribution in [0.5, 0.6) is 0 Å².